The van der Waals surface area contributed by atoms with Crippen molar-refractivity contribution in [1.29, 1.82) is 0 Å². The topological polar surface area (TPSA) is 27.7 Å². The second-order valence-electron chi connectivity index (χ2n) is 7.67. The lowest BCUT2D eigenvalue weighted by molar-refractivity contribution is 0.105. The van der Waals surface area contributed by atoms with E-state index in [2.05, 4.69) is 52.3 Å². The van der Waals surface area contributed by atoms with Gasteiger partial charge in [0.2, 0.25) is 16.6 Å². The normalized spacial score (nSPS) is 22.5. The Morgan fingerprint density at radius 2 is 1.76 bits per heavy atom. The summed E-state index contributed by atoms with van der Waals surface area (Å²) in [5.74, 6) is 2.25. The molecule has 0 aliphatic heterocycles. The van der Waals surface area contributed by atoms with Crippen molar-refractivity contribution in [3.05, 3.63) is 23.4 Å². The van der Waals surface area contributed by atoms with E-state index in [-0.39, 0.29) is 0 Å². The van der Waals surface area contributed by atoms with Gasteiger partial charge < -0.3 is 13.6 Å². The molecule has 0 saturated carbocycles. The molecule has 0 amide bonds. The first-order chi connectivity index (χ1) is 9.52. The zero-order valence-corrected chi connectivity index (χ0v) is 17.0. The van der Waals surface area contributed by atoms with Gasteiger partial charge in [0.1, 0.15) is 5.76 Å². The second-order valence-corrected chi connectivity index (χ2v) is 16.5. The summed E-state index contributed by atoms with van der Waals surface area (Å²) >= 11 is 0. The van der Waals surface area contributed by atoms with Gasteiger partial charge in [-0.1, -0.05) is 6.92 Å². The van der Waals surface area contributed by atoms with E-state index < -0.39 is 16.6 Å². The number of hydrogen-bond acceptors (Lipinski definition) is 3. The van der Waals surface area contributed by atoms with Gasteiger partial charge in [-0.3, -0.25) is 0 Å². The molecule has 0 heterocycles. The summed E-state index contributed by atoms with van der Waals surface area (Å²) < 4.78 is 18.3. The Bertz CT molecular complexity index is 414. The van der Waals surface area contributed by atoms with Gasteiger partial charge in [-0.2, -0.15) is 0 Å². The van der Waals surface area contributed by atoms with Crippen LogP contribution in [0.5, 0.6) is 0 Å². The summed E-state index contributed by atoms with van der Waals surface area (Å²) in [6.07, 6.45) is 4.33. The quantitative estimate of drug-likeness (QED) is 0.492. The fraction of sp³-hybridized carbons (Fsp3) is 0.750. The summed E-state index contributed by atoms with van der Waals surface area (Å²) in [5, 5.41) is 0. The predicted octanol–water partition coefficient (Wildman–Crippen LogP) is 5.25. The van der Waals surface area contributed by atoms with Crippen LogP contribution in [0.2, 0.25) is 39.3 Å². The van der Waals surface area contributed by atoms with Crippen LogP contribution in [0.25, 0.3) is 0 Å². The molecular formula is C16H32O3Si2. The molecule has 0 spiro atoms. The minimum Gasteiger partial charge on any atom is -0.544 e. The minimum absolute atomic E-state index is 0.551. The first-order valence-electron chi connectivity index (χ1n) is 7.98. The SMILES string of the molecule is CCO/C(O[Si](C)(C)C)=C1\CCC(C)C=C1O[Si](C)(C)C. The van der Waals surface area contributed by atoms with Crippen LogP contribution in [0.15, 0.2) is 23.4 Å². The third-order valence-electron chi connectivity index (χ3n) is 2.92. The Labute approximate surface area is 132 Å². The molecule has 1 unspecified atom stereocenters. The lowest BCUT2D eigenvalue weighted by atomic mass is 9.93. The van der Waals surface area contributed by atoms with E-state index in [0.29, 0.717) is 18.5 Å². The van der Waals surface area contributed by atoms with Crippen LogP contribution in [0.3, 0.4) is 0 Å². The lowest BCUT2D eigenvalue weighted by Gasteiger charge is -2.31. The third-order valence-corrected chi connectivity index (χ3v) is 4.55. The van der Waals surface area contributed by atoms with Crippen LogP contribution in [0.1, 0.15) is 26.7 Å². The molecule has 0 bridgehead atoms. The lowest BCUT2D eigenvalue weighted by Crippen LogP contribution is -2.29. The molecule has 1 aliphatic carbocycles. The fourth-order valence-corrected chi connectivity index (χ4v) is 3.74. The Hall–Kier alpha value is -0.686. The highest BCUT2D eigenvalue weighted by molar-refractivity contribution is 6.70. The van der Waals surface area contributed by atoms with Crippen LogP contribution in [-0.2, 0) is 13.6 Å². The summed E-state index contributed by atoms with van der Waals surface area (Å²) in [7, 11) is -3.35. The van der Waals surface area contributed by atoms with Gasteiger partial charge >= 0.3 is 0 Å². The summed E-state index contributed by atoms with van der Waals surface area (Å²) in [6.45, 7) is 18.0. The van der Waals surface area contributed by atoms with Crippen LogP contribution >= 0.6 is 0 Å². The average molecular weight is 329 g/mol. The minimum atomic E-state index is -1.70. The summed E-state index contributed by atoms with van der Waals surface area (Å²) in [5.41, 5.74) is 1.12. The molecular weight excluding hydrogens is 296 g/mol. The van der Waals surface area contributed by atoms with Crippen LogP contribution in [0, 0.1) is 5.92 Å². The molecule has 21 heavy (non-hydrogen) atoms. The maximum Gasteiger partial charge on any atom is 0.272 e. The predicted molar refractivity (Wildman–Crippen MR) is 94.0 cm³/mol. The Balaban J connectivity index is 3.17. The van der Waals surface area contributed by atoms with Crippen molar-refractivity contribution in [1.82, 2.24) is 0 Å². The molecule has 0 fully saturated rings. The van der Waals surface area contributed by atoms with E-state index in [0.717, 1.165) is 24.2 Å². The first-order valence-corrected chi connectivity index (χ1v) is 14.8. The van der Waals surface area contributed by atoms with E-state index in [1.54, 1.807) is 0 Å². The smallest absolute Gasteiger partial charge is 0.272 e. The van der Waals surface area contributed by atoms with E-state index in [4.69, 9.17) is 13.6 Å². The van der Waals surface area contributed by atoms with Crippen molar-refractivity contribution < 1.29 is 13.6 Å². The van der Waals surface area contributed by atoms with Crippen LogP contribution < -0.4 is 0 Å². The zero-order valence-electron chi connectivity index (χ0n) is 15.0. The number of rotatable bonds is 6. The van der Waals surface area contributed by atoms with Gasteiger partial charge in [0.25, 0.3) is 5.95 Å². The van der Waals surface area contributed by atoms with E-state index in [1.165, 1.54) is 0 Å². The van der Waals surface area contributed by atoms with Crippen molar-refractivity contribution >= 4 is 16.6 Å². The highest BCUT2D eigenvalue weighted by Crippen LogP contribution is 2.34. The molecule has 0 saturated heterocycles. The van der Waals surface area contributed by atoms with Gasteiger partial charge in [0.05, 0.1) is 12.2 Å². The molecule has 0 N–H and O–H groups in total. The highest BCUT2D eigenvalue weighted by Gasteiger charge is 2.29. The number of allylic oxidation sites excluding steroid dienone is 2. The van der Waals surface area contributed by atoms with Crippen molar-refractivity contribution in [2.75, 3.05) is 6.61 Å². The molecule has 122 valence electrons. The van der Waals surface area contributed by atoms with E-state index in [9.17, 15) is 0 Å². The molecule has 1 aliphatic rings. The van der Waals surface area contributed by atoms with Gasteiger partial charge in [-0.25, -0.2) is 0 Å². The van der Waals surface area contributed by atoms with Gasteiger partial charge in [0.15, 0.2) is 0 Å². The number of ether oxygens (including phenoxy) is 1. The third kappa shape index (κ3) is 6.74. The molecule has 1 atom stereocenters. The highest BCUT2D eigenvalue weighted by atomic mass is 28.4. The fourth-order valence-electron chi connectivity index (χ4n) is 2.15. The van der Waals surface area contributed by atoms with Gasteiger partial charge in [0, 0.05) is 0 Å². The molecule has 0 radical (unpaired) electrons. The Morgan fingerprint density at radius 3 is 2.24 bits per heavy atom. The zero-order chi connectivity index (χ0) is 16.3. The maximum atomic E-state index is 6.30. The van der Waals surface area contributed by atoms with Gasteiger partial charge in [-0.15, -0.1) is 0 Å². The van der Waals surface area contributed by atoms with Crippen LogP contribution in [-0.4, -0.2) is 23.2 Å². The standard InChI is InChI=1S/C16H32O3Si2/c1-9-17-16(19-21(6,7)8)14-11-10-13(2)12-15(14)18-20(3,4)5/h12-13H,9-11H2,1-8H3/b16-14-. The second kappa shape index (κ2) is 7.05. The Kier molecular flexibility index (Phi) is 6.16. The molecule has 0 aromatic heterocycles. The Morgan fingerprint density at radius 1 is 1.14 bits per heavy atom. The molecule has 3 nitrogen and oxygen atoms in total. The van der Waals surface area contributed by atoms with Crippen molar-refractivity contribution in [3.63, 3.8) is 0 Å². The molecule has 0 aromatic carbocycles. The van der Waals surface area contributed by atoms with Crippen LogP contribution in [0.4, 0.5) is 0 Å². The van der Waals surface area contributed by atoms with E-state index in [1.807, 2.05) is 6.92 Å². The monoisotopic (exact) mass is 328 g/mol. The van der Waals surface area contributed by atoms with Gasteiger partial charge in [-0.05, 0) is 71.0 Å². The van der Waals surface area contributed by atoms with E-state index >= 15 is 0 Å². The average Bonchev–Trinajstić information content (AvgIpc) is 2.24. The largest absolute Gasteiger partial charge is 0.544 e. The first kappa shape index (κ1) is 18.4. The molecule has 5 heteroatoms. The molecule has 0 aromatic rings. The number of hydrogen-bond donors (Lipinski definition) is 0. The van der Waals surface area contributed by atoms with Crippen molar-refractivity contribution in [3.8, 4) is 0 Å². The molecule has 1 rings (SSSR count). The van der Waals surface area contributed by atoms with Crippen molar-refractivity contribution in [2.24, 2.45) is 5.92 Å². The summed E-state index contributed by atoms with van der Waals surface area (Å²) in [6, 6.07) is 0. The maximum absolute atomic E-state index is 6.30. The summed E-state index contributed by atoms with van der Waals surface area (Å²) in [4.78, 5) is 0. The van der Waals surface area contributed by atoms with Crippen molar-refractivity contribution in [2.45, 2.75) is 66.0 Å².